The fourth-order valence-corrected chi connectivity index (χ4v) is 1.52. The van der Waals surface area contributed by atoms with Crippen LogP contribution >= 0.6 is 0 Å². The van der Waals surface area contributed by atoms with Crippen LogP contribution in [0.5, 0.6) is 11.6 Å². The highest BCUT2D eigenvalue weighted by atomic mass is 16.5. The molecule has 0 aliphatic heterocycles. The minimum Gasteiger partial charge on any atom is -0.437 e. The first-order valence-electron chi connectivity index (χ1n) is 5.47. The molecule has 1 aromatic heterocycles. The number of aromatic nitrogens is 2. The van der Waals surface area contributed by atoms with Gasteiger partial charge in [0.25, 0.3) is 0 Å². The van der Waals surface area contributed by atoms with E-state index in [0.717, 1.165) is 16.9 Å². The first-order valence-corrected chi connectivity index (χ1v) is 5.47. The molecule has 0 spiro atoms. The smallest absolute Gasteiger partial charge is 0.243 e. The van der Waals surface area contributed by atoms with Gasteiger partial charge in [0.2, 0.25) is 5.88 Å². The molecule has 2 rings (SSSR count). The van der Waals surface area contributed by atoms with Gasteiger partial charge in [-0.15, -0.1) is 5.10 Å². The van der Waals surface area contributed by atoms with Crippen LogP contribution in [-0.4, -0.2) is 10.2 Å². The number of hydrogen-bond donors (Lipinski definition) is 1. The number of benzene rings is 1. The summed E-state index contributed by atoms with van der Waals surface area (Å²) in [6.07, 6.45) is 1.61. The van der Waals surface area contributed by atoms with Gasteiger partial charge in [-0.2, -0.15) is 5.10 Å². The molecule has 0 aliphatic carbocycles. The Kier molecular flexibility index (Phi) is 3.35. The molecular formula is C13H15N3O. The fourth-order valence-electron chi connectivity index (χ4n) is 1.52. The summed E-state index contributed by atoms with van der Waals surface area (Å²) in [6.45, 7) is 4.45. The van der Waals surface area contributed by atoms with Crippen LogP contribution in [0.25, 0.3) is 0 Å². The maximum atomic E-state index is 5.76. The molecule has 0 aliphatic rings. The summed E-state index contributed by atoms with van der Waals surface area (Å²) >= 11 is 0. The number of aryl methyl sites for hydroxylation is 1. The molecule has 0 bridgehead atoms. The van der Waals surface area contributed by atoms with E-state index in [9.17, 15) is 0 Å². The largest absolute Gasteiger partial charge is 0.437 e. The van der Waals surface area contributed by atoms with Crippen LogP contribution in [0.1, 0.15) is 16.7 Å². The van der Waals surface area contributed by atoms with Crippen molar-refractivity contribution in [3.05, 3.63) is 47.2 Å². The average Bonchev–Trinajstić information content (AvgIpc) is 2.35. The zero-order chi connectivity index (χ0) is 12.3. The second-order valence-electron chi connectivity index (χ2n) is 3.87. The highest BCUT2D eigenvalue weighted by molar-refractivity contribution is 5.41. The van der Waals surface area contributed by atoms with Crippen LogP contribution < -0.4 is 10.5 Å². The molecular weight excluding hydrogens is 214 g/mol. The lowest BCUT2D eigenvalue weighted by atomic mass is 10.1. The second kappa shape index (κ2) is 4.93. The number of nitrogens with two attached hydrogens (primary N) is 1. The molecule has 0 unspecified atom stereocenters. The van der Waals surface area contributed by atoms with Crippen LogP contribution in [0.3, 0.4) is 0 Å². The predicted octanol–water partition coefficient (Wildman–Crippen LogP) is 2.34. The number of rotatable bonds is 3. The van der Waals surface area contributed by atoms with E-state index < -0.39 is 0 Å². The maximum absolute atomic E-state index is 5.76. The van der Waals surface area contributed by atoms with E-state index in [4.69, 9.17) is 10.5 Å². The lowest BCUT2D eigenvalue weighted by Gasteiger charge is -2.11. The highest BCUT2D eigenvalue weighted by Gasteiger charge is 2.08. The molecule has 0 saturated carbocycles. The third-order valence-electron chi connectivity index (χ3n) is 2.75. The van der Waals surface area contributed by atoms with E-state index in [0.29, 0.717) is 12.4 Å². The quantitative estimate of drug-likeness (QED) is 0.877. The Bertz CT molecular complexity index is 526. The van der Waals surface area contributed by atoms with Gasteiger partial charge in [0.15, 0.2) is 0 Å². The Morgan fingerprint density at radius 2 is 2.06 bits per heavy atom. The van der Waals surface area contributed by atoms with Crippen LogP contribution in [0, 0.1) is 13.8 Å². The highest BCUT2D eigenvalue weighted by Crippen LogP contribution is 2.26. The molecule has 0 saturated heterocycles. The molecule has 1 heterocycles. The normalized spacial score (nSPS) is 10.3. The molecule has 0 radical (unpaired) electrons. The summed E-state index contributed by atoms with van der Waals surface area (Å²) in [5.74, 6) is 1.27. The van der Waals surface area contributed by atoms with Crippen molar-refractivity contribution in [2.24, 2.45) is 5.73 Å². The van der Waals surface area contributed by atoms with Gasteiger partial charge in [-0.05, 0) is 37.1 Å². The van der Waals surface area contributed by atoms with Crippen molar-refractivity contribution in [3.63, 3.8) is 0 Å². The molecule has 17 heavy (non-hydrogen) atoms. The number of ether oxygens (including phenoxy) is 1. The lowest BCUT2D eigenvalue weighted by Crippen LogP contribution is -2.02. The lowest BCUT2D eigenvalue weighted by molar-refractivity contribution is 0.445. The SMILES string of the molecule is Cc1cccc(Oc2nnccc2CN)c1C. The van der Waals surface area contributed by atoms with Crippen molar-refractivity contribution in [1.82, 2.24) is 10.2 Å². The van der Waals surface area contributed by atoms with Gasteiger partial charge in [0, 0.05) is 12.1 Å². The fraction of sp³-hybridized carbons (Fsp3) is 0.231. The summed E-state index contributed by atoms with van der Waals surface area (Å²) in [4.78, 5) is 0. The topological polar surface area (TPSA) is 61.0 Å². The Morgan fingerprint density at radius 3 is 2.82 bits per heavy atom. The molecule has 0 amide bonds. The van der Waals surface area contributed by atoms with Crippen LogP contribution in [0.15, 0.2) is 30.5 Å². The first kappa shape index (κ1) is 11.5. The van der Waals surface area contributed by atoms with Crippen LogP contribution in [0.4, 0.5) is 0 Å². The van der Waals surface area contributed by atoms with Gasteiger partial charge in [-0.3, -0.25) is 0 Å². The van der Waals surface area contributed by atoms with Gasteiger partial charge < -0.3 is 10.5 Å². The van der Waals surface area contributed by atoms with E-state index >= 15 is 0 Å². The summed E-state index contributed by atoms with van der Waals surface area (Å²) in [5, 5.41) is 7.77. The van der Waals surface area contributed by atoms with E-state index in [1.54, 1.807) is 6.20 Å². The Labute approximate surface area is 100 Å². The van der Waals surface area contributed by atoms with Crippen molar-refractivity contribution in [2.75, 3.05) is 0 Å². The van der Waals surface area contributed by atoms with E-state index in [1.807, 2.05) is 38.1 Å². The summed E-state index contributed by atoms with van der Waals surface area (Å²) in [5.41, 5.74) is 8.75. The zero-order valence-corrected chi connectivity index (χ0v) is 9.97. The van der Waals surface area contributed by atoms with Crippen molar-refractivity contribution in [3.8, 4) is 11.6 Å². The molecule has 1 aromatic carbocycles. The number of nitrogens with zero attached hydrogens (tertiary/aromatic N) is 2. The van der Waals surface area contributed by atoms with Gasteiger partial charge >= 0.3 is 0 Å². The van der Waals surface area contributed by atoms with E-state index in [-0.39, 0.29) is 0 Å². The molecule has 0 atom stereocenters. The van der Waals surface area contributed by atoms with Crippen LogP contribution in [0.2, 0.25) is 0 Å². The predicted molar refractivity (Wildman–Crippen MR) is 65.9 cm³/mol. The van der Waals surface area contributed by atoms with Crippen molar-refractivity contribution in [1.29, 1.82) is 0 Å². The summed E-state index contributed by atoms with van der Waals surface area (Å²) in [6, 6.07) is 7.73. The maximum Gasteiger partial charge on any atom is 0.243 e. The molecule has 2 aromatic rings. The number of hydrogen-bond acceptors (Lipinski definition) is 4. The zero-order valence-electron chi connectivity index (χ0n) is 9.97. The third-order valence-corrected chi connectivity index (χ3v) is 2.75. The summed E-state index contributed by atoms with van der Waals surface area (Å²) in [7, 11) is 0. The second-order valence-corrected chi connectivity index (χ2v) is 3.87. The minimum atomic E-state index is 0.385. The van der Waals surface area contributed by atoms with Crippen molar-refractivity contribution >= 4 is 0 Å². The van der Waals surface area contributed by atoms with Crippen molar-refractivity contribution in [2.45, 2.75) is 20.4 Å². The Hall–Kier alpha value is -1.94. The molecule has 4 heteroatoms. The van der Waals surface area contributed by atoms with Crippen molar-refractivity contribution < 1.29 is 4.74 Å². The Balaban J connectivity index is 2.35. The average molecular weight is 229 g/mol. The molecule has 2 N–H and O–H groups in total. The third kappa shape index (κ3) is 2.42. The van der Waals surface area contributed by atoms with Gasteiger partial charge in [0.05, 0.1) is 6.20 Å². The Morgan fingerprint density at radius 1 is 1.24 bits per heavy atom. The monoisotopic (exact) mass is 229 g/mol. The summed E-state index contributed by atoms with van der Waals surface area (Å²) < 4.78 is 5.76. The minimum absolute atomic E-state index is 0.385. The van der Waals surface area contributed by atoms with Gasteiger partial charge in [-0.25, -0.2) is 0 Å². The van der Waals surface area contributed by atoms with Crippen LogP contribution in [-0.2, 0) is 6.54 Å². The molecule has 4 nitrogen and oxygen atoms in total. The van der Waals surface area contributed by atoms with Gasteiger partial charge in [-0.1, -0.05) is 12.1 Å². The standard InChI is InChI=1S/C13H15N3O/c1-9-4-3-5-12(10(9)2)17-13-11(8-14)6-7-15-16-13/h3-7H,8,14H2,1-2H3. The molecule has 0 fully saturated rings. The van der Waals surface area contributed by atoms with Gasteiger partial charge in [0.1, 0.15) is 5.75 Å². The molecule has 88 valence electrons. The van der Waals surface area contributed by atoms with E-state index in [1.165, 1.54) is 5.56 Å². The first-order chi connectivity index (χ1) is 8.22. The van der Waals surface area contributed by atoms with E-state index in [2.05, 4.69) is 10.2 Å².